The van der Waals surface area contributed by atoms with E-state index in [4.69, 9.17) is 21.6 Å². The molecule has 2 radical (unpaired) electrons. The van der Waals surface area contributed by atoms with Gasteiger partial charge in [-0.3, -0.25) is 9.05 Å². The van der Waals surface area contributed by atoms with Gasteiger partial charge in [0, 0.05) is 5.92 Å². The Morgan fingerprint density at radius 2 is 2.25 bits per heavy atom. The minimum Gasteiger partial charge on any atom is -0.375 e. The second kappa shape index (κ2) is 4.43. The van der Waals surface area contributed by atoms with Gasteiger partial charge < -0.3 is 9.63 Å². The molecule has 0 bridgehead atoms. The Labute approximate surface area is 96.5 Å². The summed E-state index contributed by atoms with van der Waals surface area (Å²) in [6.45, 7) is 4.06. The molecule has 1 saturated carbocycles. The van der Waals surface area contributed by atoms with Crippen molar-refractivity contribution in [2.75, 3.05) is 6.61 Å². The molecule has 0 aromatic carbocycles. The van der Waals surface area contributed by atoms with Crippen LogP contribution in [0.1, 0.15) is 20.3 Å². The Morgan fingerprint density at radius 1 is 1.56 bits per heavy atom. The van der Waals surface area contributed by atoms with Crippen LogP contribution in [0.2, 0.25) is 5.82 Å². The molecule has 2 aliphatic rings. The predicted octanol–water partition coefficient (Wildman–Crippen LogP) is 1.27. The standard InChI is InChI=1S/C9H16BO5P/c1-5(2)14-8-3-7(10)9-6(8)4-13-16(11,12)15-9/h5-9H,3-4H2,1-2H3,(H,11,12)/t6-,7+,8-,9?/m1/s1. The topological polar surface area (TPSA) is 65.0 Å². The fraction of sp³-hybridized carbons (Fsp3) is 1.00. The average Bonchev–Trinajstić information content (AvgIpc) is 2.40. The van der Waals surface area contributed by atoms with Crippen molar-refractivity contribution in [3.05, 3.63) is 0 Å². The molecule has 0 amide bonds. The molecule has 2 fully saturated rings. The lowest BCUT2D eigenvalue weighted by molar-refractivity contribution is -0.0644. The maximum absolute atomic E-state index is 11.3. The molecule has 1 N–H and O–H groups in total. The van der Waals surface area contributed by atoms with E-state index < -0.39 is 13.9 Å². The van der Waals surface area contributed by atoms with Crippen molar-refractivity contribution in [1.29, 1.82) is 0 Å². The second-order valence-corrected chi connectivity index (χ2v) is 6.03. The summed E-state index contributed by atoms with van der Waals surface area (Å²) in [5.74, 6) is -0.315. The van der Waals surface area contributed by atoms with Crippen molar-refractivity contribution < 1.29 is 23.2 Å². The summed E-state index contributed by atoms with van der Waals surface area (Å²) in [7, 11) is 1.99. The van der Waals surface area contributed by atoms with Gasteiger partial charge in [0.25, 0.3) is 0 Å². The lowest BCUT2D eigenvalue weighted by Gasteiger charge is -2.32. The first-order valence-electron chi connectivity index (χ1n) is 5.46. The Balaban J connectivity index is 2.06. The molecule has 0 aromatic rings. The van der Waals surface area contributed by atoms with Crippen molar-refractivity contribution in [2.24, 2.45) is 5.92 Å². The van der Waals surface area contributed by atoms with Gasteiger partial charge >= 0.3 is 7.82 Å². The molecule has 1 heterocycles. The van der Waals surface area contributed by atoms with Crippen LogP contribution >= 0.6 is 7.82 Å². The molecular weight excluding hydrogens is 230 g/mol. The highest BCUT2D eigenvalue weighted by Gasteiger charge is 2.49. The van der Waals surface area contributed by atoms with Crippen molar-refractivity contribution in [3.63, 3.8) is 0 Å². The summed E-state index contributed by atoms with van der Waals surface area (Å²) in [4.78, 5) is 9.22. The van der Waals surface area contributed by atoms with Gasteiger partial charge in [0.05, 0.1) is 32.8 Å². The average molecular weight is 246 g/mol. The maximum Gasteiger partial charge on any atom is 0.472 e. The zero-order valence-electron chi connectivity index (χ0n) is 9.41. The molecular formula is C9H16BO5P. The fourth-order valence-corrected chi connectivity index (χ4v) is 3.38. The molecule has 5 nitrogen and oxygen atoms in total. The first-order chi connectivity index (χ1) is 7.39. The third-order valence-corrected chi connectivity index (χ3v) is 3.94. The smallest absolute Gasteiger partial charge is 0.375 e. The minimum absolute atomic E-state index is 0.0494. The van der Waals surface area contributed by atoms with Crippen LogP contribution < -0.4 is 0 Å². The highest BCUT2D eigenvalue weighted by atomic mass is 31.2. The molecule has 16 heavy (non-hydrogen) atoms. The molecule has 7 heteroatoms. The third-order valence-electron chi connectivity index (χ3n) is 2.96. The van der Waals surface area contributed by atoms with Crippen molar-refractivity contribution in [2.45, 2.75) is 44.4 Å². The molecule has 1 aliphatic carbocycles. The normalized spacial score (nSPS) is 48.2. The quantitative estimate of drug-likeness (QED) is 0.587. The fourth-order valence-electron chi connectivity index (χ4n) is 2.34. The second-order valence-electron chi connectivity index (χ2n) is 4.62. The van der Waals surface area contributed by atoms with Gasteiger partial charge in [-0.2, -0.15) is 0 Å². The minimum atomic E-state index is -3.89. The van der Waals surface area contributed by atoms with Gasteiger partial charge in [-0.05, 0) is 26.1 Å². The molecule has 2 rings (SSSR count). The predicted molar refractivity (Wildman–Crippen MR) is 58.3 cm³/mol. The highest BCUT2D eigenvalue weighted by molar-refractivity contribution is 7.47. The highest BCUT2D eigenvalue weighted by Crippen LogP contribution is 2.55. The Hall–Kier alpha value is 0.135. The first kappa shape index (κ1) is 12.6. The van der Waals surface area contributed by atoms with Gasteiger partial charge in [0.1, 0.15) is 0 Å². The molecule has 0 aromatic heterocycles. The molecule has 5 atom stereocenters. The molecule has 0 spiro atoms. The van der Waals surface area contributed by atoms with E-state index in [-0.39, 0.29) is 30.5 Å². The number of hydrogen-bond acceptors (Lipinski definition) is 4. The summed E-state index contributed by atoms with van der Waals surface area (Å²) >= 11 is 0. The number of fused-ring (bicyclic) bond motifs is 1. The van der Waals surface area contributed by atoms with Crippen LogP contribution in [0, 0.1) is 5.92 Å². The van der Waals surface area contributed by atoms with E-state index in [0.29, 0.717) is 6.42 Å². The van der Waals surface area contributed by atoms with E-state index in [2.05, 4.69) is 0 Å². The zero-order valence-corrected chi connectivity index (χ0v) is 10.3. The SMILES string of the molecule is [B][C@H]1C[C@@H](OC(C)C)[C@H]2COP(=O)(O)OC12. The van der Waals surface area contributed by atoms with Crippen LogP contribution in [0.25, 0.3) is 0 Å². The van der Waals surface area contributed by atoms with Crippen LogP contribution in [0.4, 0.5) is 0 Å². The van der Waals surface area contributed by atoms with Crippen LogP contribution in [0.3, 0.4) is 0 Å². The third kappa shape index (κ3) is 2.52. The lowest BCUT2D eigenvalue weighted by Crippen LogP contribution is -2.36. The van der Waals surface area contributed by atoms with Crippen molar-refractivity contribution in [1.82, 2.24) is 0 Å². The van der Waals surface area contributed by atoms with Crippen LogP contribution in [0.5, 0.6) is 0 Å². The van der Waals surface area contributed by atoms with Crippen molar-refractivity contribution >= 4 is 15.7 Å². The summed E-state index contributed by atoms with van der Waals surface area (Å²) in [6.07, 6.45) is 0.240. The molecule has 90 valence electrons. The van der Waals surface area contributed by atoms with Gasteiger partial charge in [-0.1, -0.05) is 0 Å². The first-order valence-corrected chi connectivity index (χ1v) is 6.95. The number of rotatable bonds is 2. The van der Waals surface area contributed by atoms with E-state index in [1.54, 1.807) is 0 Å². The van der Waals surface area contributed by atoms with Crippen LogP contribution in [-0.4, -0.2) is 37.7 Å². The Morgan fingerprint density at radius 3 is 2.88 bits per heavy atom. The number of hydrogen-bond donors (Lipinski definition) is 1. The van der Waals surface area contributed by atoms with Crippen LogP contribution in [-0.2, 0) is 18.3 Å². The van der Waals surface area contributed by atoms with Gasteiger partial charge in [-0.25, -0.2) is 4.57 Å². The maximum atomic E-state index is 11.3. The number of phosphoric ester groups is 1. The molecule has 2 unspecified atom stereocenters. The zero-order chi connectivity index (χ0) is 11.9. The molecule has 1 saturated heterocycles. The molecule has 1 aliphatic heterocycles. The van der Waals surface area contributed by atoms with Crippen molar-refractivity contribution in [3.8, 4) is 0 Å². The Bertz CT molecular complexity index is 310. The largest absolute Gasteiger partial charge is 0.472 e. The van der Waals surface area contributed by atoms with Gasteiger partial charge in [-0.15, -0.1) is 0 Å². The lowest BCUT2D eigenvalue weighted by atomic mass is 9.83. The number of phosphoric acid groups is 1. The Kier molecular flexibility index (Phi) is 3.48. The van der Waals surface area contributed by atoms with Gasteiger partial charge in [0.2, 0.25) is 0 Å². The van der Waals surface area contributed by atoms with Crippen LogP contribution in [0.15, 0.2) is 0 Å². The number of ether oxygens (including phenoxy) is 1. The summed E-state index contributed by atoms with van der Waals surface area (Å²) in [6, 6.07) is 0. The van der Waals surface area contributed by atoms with Gasteiger partial charge in [0.15, 0.2) is 0 Å². The van der Waals surface area contributed by atoms with E-state index >= 15 is 0 Å². The van der Waals surface area contributed by atoms with E-state index in [9.17, 15) is 9.46 Å². The summed E-state index contributed by atoms with van der Waals surface area (Å²) < 4.78 is 26.8. The van der Waals surface area contributed by atoms with E-state index in [1.807, 2.05) is 13.8 Å². The van der Waals surface area contributed by atoms with E-state index in [1.165, 1.54) is 0 Å². The summed E-state index contributed by atoms with van der Waals surface area (Å²) in [5.41, 5.74) is 0. The summed E-state index contributed by atoms with van der Waals surface area (Å²) in [5, 5.41) is 0. The van der Waals surface area contributed by atoms with E-state index in [0.717, 1.165) is 0 Å². The monoisotopic (exact) mass is 246 g/mol.